The SMILES string of the molecule is CCNc1cncc(Nc2ccc(N(C)C)cc2)n1. The molecule has 1 aromatic heterocycles. The average Bonchev–Trinajstić information content (AvgIpc) is 2.40. The molecule has 0 aliphatic carbocycles. The predicted molar refractivity (Wildman–Crippen MR) is 80.2 cm³/mol. The van der Waals surface area contributed by atoms with E-state index in [1.807, 2.05) is 33.2 Å². The number of rotatable bonds is 5. The van der Waals surface area contributed by atoms with Crippen molar-refractivity contribution in [2.24, 2.45) is 0 Å². The van der Waals surface area contributed by atoms with Crippen molar-refractivity contribution in [2.45, 2.75) is 6.92 Å². The van der Waals surface area contributed by atoms with E-state index in [1.165, 1.54) is 0 Å². The molecule has 0 fully saturated rings. The summed E-state index contributed by atoms with van der Waals surface area (Å²) < 4.78 is 0. The maximum atomic E-state index is 4.42. The number of nitrogens with one attached hydrogen (secondary N) is 2. The smallest absolute Gasteiger partial charge is 0.151 e. The first-order chi connectivity index (χ1) is 9.19. The van der Waals surface area contributed by atoms with Crippen LogP contribution >= 0.6 is 0 Å². The van der Waals surface area contributed by atoms with Crippen molar-refractivity contribution >= 4 is 23.0 Å². The van der Waals surface area contributed by atoms with Gasteiger partial charge in [-0.15, -0.1) is 0 Å². The van der Waals surface area contributed by atoms with Crippen molar-refractivity contribution in [3.8, 4) is 0 Å². The molecule has 1 heterocycles. The molecule has 0 aliphatic heterocycles. The third-order valence-electron chi connectivity index (χ3n) is 2.65. The zero-order valence-corrected chi connectivity index (χ0v) is 11.5. The molecular formula is C14H19N5. The molecule has 2 aromatic rings. The van der Waals surface area contributed by atoms with Crippen LogP contribution in [0.25, 0.3) is 0 Å². The minimum absolute atomic E-state index is 0.732. The average molecular weight is 257 g/mol. The van der Waals surface area contributed by atoms with Crippen molar-refractivity contribution in [3.05, 3.63) is 36.7 Å². The van der Waals surface area contributed by atoms with Crippen LogP contribution in [0.1, 0.15) is 6.92 Å². The highest BCUT2D eigenvalue weighted by Gasteiger charge is 2.00. The first-order valence-electron chi connectivity index (χ1n) is 6.29. The first-order valence-corrected chi connectivity index (χ1v) is 6.29. The molecule has 5 nitrogen and oxygen atoms in total. The van der Waals surface area contributed by atoms with Crippen LogP contribution in [0.2, 0.25) is 0 Å². The Bertz CT molecular complexity index is 522. The largest absolute Gasteiger partial charge is 0.378 e. The minimum Gasteiger partial charge on any atom is -0.378 e. The van der Waals surface area contributed by atoms with Gasteiger partial charge in [0.15, 0.2) is 5.82 Å². The molecule has 0 aliphatic rings. The summed E-state index contributed by atoms with van der Waals surface area (Å²) >= 11 is 0. The lowest BCUT2D eigenvalue weighted by molar-refractivity contribution is 1.12. The molecule has 2 N–H and O–H groups in total. The summed E-state index contributed by atoms with van der Waals surface area (Å²) in [7, 11) is 4.04. The minimum atomic E-state index is 0.732. The molecular weight excluding hydrogens is 238 g/mol. The fourth-order valence-corrected chi connectivity index (χ4v) is 1.68. The van der Waals surface area contributed by atoms with Crippen molar-refractivity contribution in [1.29, 1.82) is 0 Å². The van der Waals surface area contributed by atoms with Crippen LogP contribution in [0.4, 0.5) is 23.0 Å². The molecule has 0 spiro atoms. The number of benzene rings is 1. The fourth-order valence-electron chi connectivity index (χ4n) is 1.68. The highest BCUT2D eigenvalue weighted by molar-refractivity contribution is 5.60. The lowest BCUT2D eigenvalue weighted by Crippen LogP contribution is -2.08. The van der Waals surface area contributed by atoms with Crippen LogP contribution in [0.15, 0.2) is 36.7 Å². The summed E-state index contributed by atoms with van der Waals surface area (Å²) in [6.45, 7) is 2.86. The summed E-state index contributed by atoms with van der Waals surface area (Å²) in [4.78, 5) is 10.6. The first kappa shape index (κ1) is 13.1. The highest BCUT2D eigenvalue weighted by Crippen LogP contribution is 2.19. The molecule has 0 unspecified atom stereocenters. The van der Waals surface area contributed by atoms with Crippen molar-refractivity contribution in [2.75, 3.05) is 36.2 Å². The van der Waals surface area contributed by atoms with E-state index in [0.29, 0.717) is 0 Å². The Kier molecular flexibility index (Phi) is 4.18. The van der Waals surface area contributed by atoms with Gasteiger partial charge in [-0.2, -0.15) is 0 Å². The number of aromatic nitrogens is 2. The standard InChI is InChI=1S/C14H19N5/c1-4-16-13-9-15-10-14(18-13)17-11-5-7-12(8-6-11)19(2)3/h5-10H,4H2,1-3H3,(H2,16,17,18). The predicted octanol–water partition coefficient (Wildman–Crippen LogP) is 2.72. The Balaban J connectivity index is 2.10. The molecule has 0 saturated heterocycles. The Hall–Kier alpha value is -2.30. The summed E-state index contributed by atoms with van der Waals surface area (Å²) in [5.74, 6) is 1.51. The Morgan fingerprint density at radius 3 is 2.37 bits per heavy atom. The molecule has 0 radical (unpaired) electrons. The van der Waals surface area contributed by atoms with Crippen LogP contribution in [0.3, 0.4) is 0 Å². The van der Waals surface area contributed by atoms with Gasteiger partial charge in [0.2, 0.25) is 0 Å². The molecule has 100 valence electrons. The second-order valence-corrected chi connectivity index (χ2v) is 4.39. The van der Waals surface area contributed by atoms with E-state index in [2.05, 4.69) is 37.6 Å². The maximum Gasteiger partial charge on any atom is 0.151 e. The number of hydrogen-bond acceptors (Lipinski definition) is 5. The summed E-state index contributed by atoms with van der Waals surface area (Å²) in [5, 5.41) is 6.37. The second-order valence-electron chi connectivity index (χ2n) is 4.39. The van der Waals surface area contributed by atoms with Gasteiger partial charge in [0.05, 0.1) is 12.4 Å². The maximum absolute atomic E-state index is 4.42. The Morgan fingerprint density at radius 1 is 1.05 bits per heavy atom. The fraction of sp³-hybridized carbons (Fsp3) is 0.286. The van der Waals surface area contributed by atoms with Crippen LogP contribution in [-0.2, 0) is 0 Å². The molecule has 0 atom stereocenters. The van der Waals surface area contributed by atoms with E-state index >= 15 is 0 Å². The lowest BCUT2D eigenvalue weighted by atomic mass is 10.2. The third-order valence-corrected chi connectivity index (χ3v) is 2.65. The van der Waals surface area contributed by atoms with Gasteiger partial charge in [0, 0.05) is 32.0 Å². The summed E-state index contributed by atoms with van der Waals surface area (Å²) in [5.41, 5.74) is 2.16. The zero-order valence-electron chi connectivity index (χ0n) is 11.5. The second kappa shape index (κ2) is 6.04. The van der Waals surface area contributed by atoms with Gasteiger partial charge in [-0.3, -0.25) is 4.98 Å². The quantitative estimate of drug-likeness (QED) is 0.862. The van der Waals surface area contributed by atoms with Crippen molar-refractivity contribution in [1.82, 2.24) is 9.97 Å². The van der Waals surface area contributed by atoms with E-state index in [1.54, 1.807) is 12.4 Å². The summed E-state index contributed by atoms with van der Waals surface area (Å²) in [6, 6.07) is 8.17. The monoisotopic (exact) mass is 257 g/mol. The Morgan fingerprint density at radius 2 is 1.74 bits per heavy atom. The van der Waals surface area contributed by atoms with Gasteiger partial charge in [-0.1, -0.05) is 0 Å². The van der Waals surface area contributed by atoms with Crippen LogP contribution in [-0.4, -0.2) is 30.6 Å². The van der Waals surface area contributed by atoms with E-state index in [4.69, 9.17) is 0 Å². The van der Waals surface area contributed by atoms with E-state index in [-0.39, 0.29) is 0 Å². The highest BCUT2D eigenvalue weighted by atomic mass is 15.1. The molecule has 0 amide bonds. The zero-order chi connectivity index (χ0) is 13.7. The number of hydrogen-bond donors (Lipinski definition) is 2. The topological polar surface area (TPSA) is 53.1 Å². The van der Waals surface area contributed by atoms with E-state index in [0.717, 1.165) is 29.6 Å². The van der Waals surface area contributed by atoms with E-state index < -0.39 is 0 Å². The van der Waals surface area contributed by atoms with Gasteiger partial charge in [-0.25, -0.2) is 4.98 Å². The Labute approximate surface area is 113 Å². The molecule has 5 heteroatoms. The van der Waals surface area contributed by atoms with Gasteiger partial charge in [0.1, 0.15) is 5.82 Å². The van der Waals surface area contributed by atoms with Crippen LogP contribution in [0.5, 0.6) is 0 Å². The van der Waals surface area contributed by atoms with Crippen LogP contribution < -0.4 is 15.5 Å². The van der Waals surface area contributed by atoms with Crippen molar-refractivity contribution < 1.29 is 0 Å². The molecule has 0 bridgehead atoms. The van der Waals surface area contributed by atoms with Gasteiger partial charge >= 0.3 is 0 Å². The summed E-state index contributed by atoms with van der Waals surface area (Å²) in [6.07, 6.45) is 3.42. The molecule has 0 saturated carbocycles. The van der Waals surface area contributed by atoms with E-state index in [9.17, 15) is 0 Å². The number of anilines is 4. The van der Waals surface area contributed by atoms with Gasteiger partial charge in [-0.05, 0) is 31.2 Å². The van der Waals surface area contributed by atoms with Crippen molar-refractivity contribution in [3.63, 3.8) is 0 Å². The number of nitrogens with zero attached hydrogens (tertiary/aromatic N) is 3. The molecule has 19 heavy (non-hydrogen) atoms. The van der Waals surface area contributed by atoms with Crippen LogP contribution in [0, 0.1) is 0 Å². The van der Waals surface area contributed by atoms with Gasteiger partial charge < -0.3 is 15.5 Å². The third kappa shape index (κ3) is 3.58. The molecule has 1 aromatic carbocycles. The molecule has 2 rings (SSSR count). The lowest BCUT2D eigenvalue weighted by Gasteiger charge is -2.13. The van der Waals surface area contributed by atoms with Gasteiger partial charge in [0.25, 0.3) is 0 Å². The normalized spacial score (nSPS) is 10.1.